The van der Waals surface area contributed by atoms with Crippen molar-refractivity contribution in [1.29, 1.82) is 0 Å². The van der Waals surface area contributed by atoms with Gasteiger partial charge in [-0.05, 0) is 55.0 Å². The van der Waals surface area contributed by atoms with Gasteiger partial charge < -0.3 is 9.73 Å². The maximum absolute atomic E-state index is 11.7. The topological polar surface area (TPSA) is 54.3 Å². The second kappa shape index (κ2) is 7.06. The van der Waals surface area contributed by atoms with Crippen molar-refractivity contribution in [2.24, 2.45) is 0 Å². The van der Waals surface area contributed by atoms with Gasteiger partial charge in [0, 0.05) is 16.8 Å². The van der Waals surface area contributed by atoms with Crippen molar-refractivity contribution in [2.45, 2.75) is 6.92 Å². The molecule has 2 aromatic rings. The first-order chi connectivity index (χ1) is 10.0. The molecule has 1 aromatic carbocycles. The molecule has 0 fully saturated rings. The summed E-state index contributed by atoms with van der Waals surface area (Å²) >= 11 is 11.1. The molecule has 1 amide bonds. The number of carbonyl (C=O) groups is 1. The number of rotatable bonds is 3. The average Bonchev–Trinajstić information content (AvgIpc) is 2.94. The van der Waals surface area contributed by atoms with Gasteiger partial charge in [-0.1, -0.05) is 17.7 Å². The van der Waals surface area contributed by atoms with Gasteiger partial charge in [0.15, 0.2) is 5.11 Å². The van der Waals surface area contributed by atoms with Crippen LogP contribution in [0.5, 0.6) is 0 Å². The first-order valence-electron chi connectivity index (χ1n) is 6.14. The Morgan fingerprint density at radius 2 is 2.19 bits per heavy atom. The summed E-state index contributed by atoms with van der Waals surface area (Å²) in [5.41, 5.74) is 1.68. The van der Waals surface area contributed by atoms with Crippen LogP contribution in [-0.2, 0) is 4.79 Å². The molecule has 0 bridgehead atoms. The fourth-order valence-electron chi connectivity index (χ4n) is 1.53. The van der Waals surface area contributed by atoms with Crippen molar-refractivity contribution >= 4 is 46.6 Å². The van der Waals surface area contributed by atoms with Crippen LogP contribution in [0.3, 0.4) is 0 Å². The Kier molecular flexibility index (Phi) is 5.14. The van der Waals surface area contributed by atoms with Gasteiger partial charge in [0.05, 0.1) is 6.26 Å². The minimum atomic E-state index is -0.345. The van der Waals surface area contributed by atoms with Gasteiger partial charge >= 0.3 is 0 Å². The number of halogens is 1. The van der Waals surface area contributed by atoms with Crippen LogP contribution >= 0.6 is 23.8 Å². The van der Waals surface area contributed by atoms with E-state index < -0.39 is 0 Å². The highest BCUT2D eigenvalue weighted by atomic mass is 35.5. The van der Waals surface area contributed by atoms with Gasteiger partial charge in [0.25, 0.3) is 0 Å². The van der Waals surface area contributed by atoms with Crippen molar-refractivity contribution in [1.82, 2.24) is 5.32 Å². The van der Waals surface area contributed by atoms with E-state index in [0.29, 0.717) is 16.5 Å². The third-order valence-electron chi connectivity index (χ3n) is 2.61. The largest absolute Gasteiger partial charge is 0.465 e. The molecular formula is C15H13ClN2O2S. The number of nitrogens with one attached hydrogen (secondary N) is 2. The molecule has 108 valence electrons. The molecule has 2 rings (SSSR count). The summed E-state index contributed by atoms with van der Waals surface area (Å²) in [6, 6.07) is 8.93. The van der Waals surface area contributed by atoms with Gasteiger partial charge in [-0.3, -0.25) is 10.1 Å². The van der Waals surface area contributed by atoms with Crippen LogP contribution in [0.4, 0.5) is 5.69 Å². The van der Waals surface area contributed by atoms with E-state index in [1.807, 2.05) is 19.1 Å². The van der Waals surface area contributed by atoms with E-state index >= 15 is 0 Å². The molecule has 0 atom stereocenters. The predicted octanol–water partition coefficient (Wildman–Crippen LogP) is 3.77. The molecule has 2 N–H and O–H groups in total. The highest BCUT2D eigenvalue weighted by molar-refractivity contribution is 7.80. The van der Waals surface area contributed by atoms with Crippen molar-refractivity contribution in [3.8, 4) is 0 Å². The molecule has 21 heavy (non-hydrogen) atoms. The molecule has 1 aromatic heterocycles. The first-order valence-corrected chi connectivity index (χ1v) is 6.93. The summed E-state index contributed by atoms with van der Waals surface area (Å²) in [5.74, 6) is 0.247. The monoisotopic (exact) mass is 320 g/mol. The van der Waals surface area contributed by atoms with Crippen LogP contribution < -0.4 is 10.6 Å². The number of hydrogen-bond donors (Lipinski definition) is 2. The van der Waals surface area contributed by atoms with Gasteiger partial charge in [-0.2, -0.15) is 0 Å². The fourth-order valence-corrected chi connectivity index (χ4v) is 1.93. The lowest BCUT2D eigenvalue weighted by molar-refractivity contribution is -0.115. The van der Waals surface area contributed by atoms with E-state index in [4.69, 9.17) is 28.2 Å². The van der Waals surface area contributed by atoms with Gasteiger partial charge in [0.1, 0.15) is 5.76 Å². The number of amides is 1. The quantitative estimate of drug-likeness (QED) is 0.667. The van der Waals surface area contributed by atoms with Gasteiger partial charge in [0.2, 0.25) is 5.91 Å². The normalized spacial score (nSPS) is 10.6. The standard InChI is InChI=1S/C15H13ClN2O2S/c1-10-4-5-11(9-13(10)16)17-15(21)18-14(19)7-6-12-3-2-8-20-12/h2-9H,1H3,(H2,17,18,19,21)/b7-6+. The van der Waals surface area contributed by atoms with E-state index in [-0.39, 0.29) is 11.0 Å². The van der Waals surface area contributed by atoms with Crippen LogP contribution in [0, 0.1) is 6.92 Å². The highest BCUT2D eigenvalue weighted by Crippen LogP contribution is 2.19. The maximum atomic E-state index is 11.7. The second-order valence-electron chi connectivity index (χ2n) is 4.26. The smallest absolute Gasteiger partial charge is 0.250 e. The number of thiocarbonyl (C=S) groups is 1. The average molecular weight is 321 g/mol. The predicted molar refractivity (Wildman–Crippen MR) is 88.3 cm³/mol. The number of benzene rings is 1. The first kappa shape index (κ1) is 15.3. The molecule has 0 spiro atoms. The molecule has 0 aliphatic rings. The zero-order valence-electron chi connectivity index (χ0n) is 11.2. The number of aryl methyl sites for hydroxylation is 1. The Balaban J connectivity index is 1.89. The summed E-state index contributed by atoms with van der Waals surface area (Å²) in [6.45, 7) is 1.91. The van der Waals surface area contributed by atoms with Crippen molar-refractivity contribution < 1.29 is 9.21 Å². The van der Waals surface area contributed by atoms with E-state index in [1.54, 1.807) is 24.3 Å². The molecule has 1 heterocycles. The molecule has 0 aliphatic heterocycles. The number of carbonyl (C=O) groups excluding carboxylic acids is 1. The molecule has 0 saturated carbocycles. The second-order valence-corrected chi connectivity index (χ2v) is 5.07. The van der Waals surface area contributed by atoms with E-state index in [9.17, 15) is 4.79 Å². The molecule has 0 saturated heterocycles. The summed E-state index contributed by atoms with van der Waals surface area (Å²) in [5, 5.41) is 6.26. The summed E-state index contributed by atoms with van der Waals surface area (Å²) < 4.78 is 5.08. The van der Waals surface area contributed by atoms with Crippen molar-refractivity contribution in [2.75, 3.05) is 5.32 Å². The van der Waals surface area contributed by atoms with Crippen LogP contribution in [-0.4, -0.2) is 11.0 Å². The lowest BCUT2D eigenvalue weighted by atomic mass is 10.2. The van der Waals surface area contributed by atoms with Gasteiger partial charge in [-0.25, -0.2) is 0 Å². The zero-order chi connectivity index (χ0) is 15.2. The zero-order valence-corrected chi connectivity index (χ0v) is 12.8. The molecule has 0 aliphatic carbocycles. The Bertz CT molecular complexity index is 681. The molecular weight excluding hydrogens is 308 g/mol. The van der Waals surface area contributed by atoms with Crippen LogP contribution in [0.15, 0.2) is 47.1 Å². The summed E-state index contributed by atoms with van der Waals surface area (Å²) in [4.78, 5) is 11.7. The molecule has 0 unspecified atom stereocenters. The minimum absolute atomic E-state index is 0.198. The maximum Gasteiger partial charge on any atom is 0.250 e. The molecule has 6 heteroatoms. The number of furan rings is 1. The summed E-state index contributed by atoms with van der Waals surface area (Å²) in [7, 11) is 0. The Labute approximate surface area is 132 Å². The third kappa shape index (κ3) is 4.73. The lowest BCUT2D eigenvalue weighted by Crippen LogP contribution is -2.32. The highest BCUT2D eigenvalue weighted by Gasteiger charge is 2.03. The Hall–Kier alpha value is -2.11. The van der Waals surface area contributed by atoms with E-state index in [0.717, 1.165) is 5.56 Å². The number of hydrogen-bond acceptors (Lipinski definition) is 3. The van der Waals surface area contributed by atoms with Crippen LogP contribution in [0.25, 0.3) is 6.08 Å². The van der Waals surface area contributed by atoms with Gasteiger partial charge in [-0.15, -0.1) is 0 Å². The molecule has 0 radical (unpaired) electrons. The van der Waals surface area contributed by atoms with E-state index in [2.05, 4.69) is 10.6 Å². The number of anilines is 1. The van der Waals surface area contributed by atoms with Crippen molar-refractivity contribution in [3.05, 3.63) is 59.0 Å². The minimum Gasteiger partial charge on any atom is -0.465 e. The molecule has 4 nitrogen and oxygen atoms in total. The lowest BCUT2D eigenvalue weighted by Gasteiger charge is -2.09. The van der Waals surface area contributed by atoms with Crippen LogP contribution in [0.2, 0.25) is 5.02 Å². The van der Waals surface area contributed by atoms with Crippen molar-refractivity contribution in [3.63, 3.8) is 0 Å². The third-order valence-corrected chi connectivity index (χ3v) is 3.22. The SMILES string of the molecule is Cc1ccc(NC(=S)NC(=O)/C=C/c2ccco2)cc1Cl. The Morgan fingerprint density at radius 3 is 2.86 bits per heavy atom. The summed E-state index contributed by atoms with van der Waals surface area (Å²) in [6.07, 6.45) is 4.43. The Morgan fingerprint density at radius 1 is 1.38 bits per heavy atom. The van der Waals surface area contributed by atoms with Crippen LogP contribution in [0.1, 0.15) is 11.3 Å². The van der Waals surface area contributed by atoms with E-state index in [1.165, 1.54) is 12.3 Å². The fraction of sp³-hybridized carbons (Fsp3) is 0.0667.